The lowest BCUT2D eigenvalue weighted by molar-refractivity contribution is -0.384. The lowest BCUT2D eigenvalue weighted by Gasteiger charge is -1.85. The minimum Gasteiger partial charge on any atom is -0.477 e. The molecule has 6 heteroatoms. The molecule has 0 aliphatic heterocycles. The minimum atomic E-state index is -1.21. The molecule has 0 bridgehead atoms. The molecule has 0 aliphatic carbocycles. The van der Waals surface area contributed by atoms with E-state index in [-0.39, 0.29) is 11.3 Å². The first-order chi connectivity index (χ1) is 7.49. The van der Waals surface area contributed by atoms with Crippen molar-refractivity contribution < 1.29 is 19.6 Å². The Morgan fingerprint density at radius 1 is 1.38 bits per heavy atom. The fourth-order valence-corrected chi connectivity index (χ4v) is 0.593. The Morgan fingerprint density at radius 3 is 2.06 bits per heavy atom. The van der Waals surface area contributed by atoms with Crippen LogP contribution in [0.3, 0.4) is 0 Å². The molecule has 0 radical (unpaired) electrons. The average molecular weight is 223 g/mol. The second-order valence-corrected chi connectivity index (χ2v) is 2.62. The van der Waals surface area contributed by atoms with E-state index in [0.717, 1.165) is 0 Å². The SMILES string of the molecule is CC(=C=O)C(=O)O.O=[N+]([O-])c1ccccc1. The van der Waals surface area contributed by atoms with Crippen LogP contribution < -0.4 is 0 Å². The third kappa shape index (κ3) is 5.31. The van der Waals surface area contributed by atoms with Crippen LogP contribution in [0.25, 0.3) is 0 Å². The minimum absolute atomic E-state index is 0.137. The Labute approximate surface area is 91.0 Å². The number of non-ortho nitro benzene ring substituents is 1. The molecule has 0 spiro atoms. The fraction of sp³-hybridized carbons (Fsp3) is 0.100. The van der Waals surface area contributed by atoms with Gasteiger partial charge in [0.05, 0.1) is 4.92 Å². The van der Waals surface area contributed by atoms with Gasteiger partial charge in [0, 0.05) is 12.1 Å². The number of hydrogen-bond donors (Lipinski definition) is 1. The number of carboxylic acid groups (broad SMARTS) is 1. The highest BCUT2D eigenvalue weighted by Crippen LogP contribution is 2.06. The van der Waals surface area contributed by atoms with Crippen molar-refractivity contribution in [1.29, 1.82) is 0 Å². The first-order valence-electron chi connectivity index (χ1n) is 4.13. The number of para-hydroxylation sites is 1. The molecule has 0 saturated heterocycles. The summed E-state index contributed by atoms with van der Waals surface area (Å²) in [5.74, 6) is 0.0185. The van der Waals surface area contributed by atoms with Crippen LogP contribution in [0.5, 0.6) is 0 Å². The van der Waals surface area contributed by atoms with Crippen molar-refractivity contribution >= 4 is 17.6 Å². The summed E-state index contributed by atoms with van der Waals surface area (Å²) in [4.78, 5) is 28.6. The zero-order valence-corrected chi connectivity index (χ0v) is 8.41. The van der Waals surface area contributed by atoms with Crippen molar-refractivity contribution in [1.82, 2.24) is 0 Å². The molecule has 16 heavy (non-hydrogen) atoms. The maximum Gasteiger partial charge on any atom is 0.342 e. The van der Waals surface area contributed by atoms with Crippen LogP contribution >= 0.6 is 0 Å². The van der Waals surface area contributed by atoms with Gasteiger partial charge in [0.15, 0.2) is 0 Å². The number of nitro benzene ring substituents is 1. The molecule has 0 amide bonds. The number of nitro groups is 1. The molecule has 0 aromatic heterocycles. The predicted octanol–water partition coefficient (Wildman–Crippen LogP) is 1.44. The zero-order chi connectivity index (χ0) is 12.6. The van der Waals surface area contributed by atoms with E-state index in [1.807, 2.05) is 0 Å². The Morgan fingerprint density at radius 2 is 1.88 bits per heavy atom. The molecule has 1 aromatic rings. The van der Waals surface area contributed by atoms with Crippen molar-refractivity contribution in [2.24, 2.45) is 0 Å². The van der Waals surface area contributed by atoms with E-state index in [4.69, 9.17) is 5.11 Å². The van der Waals surface area contributed by atoms with Gasteiger partial charge in [-0.25, -0.2) is 9.59 Å². The van der Waals surface area contributed by atoms with Gasteiger partial charge in [0.2, 0.25) is 0 Å². The number of rotatable bonds is 2. The molecule has 1 aromatic carbocycles. The van der Waals surface area contributed by atoms with E-state index >= 15 is 0 Å². The first kappa shape index (κ1) is 13.5. The Kier molecular flexibility index (Phi) is 5.85. The summed E-state index contributed by atoms with van der Waals surface area (Å²) in [6.07, 6.45) is 0. The molecular formula is C10H9NO5. The quantitative estimate of drug-likeness (QED) is 0.354. The summed E-state index contributed by atoms with van der Waals surface area (Å²) >= 11 is 0. The van der Waals surface area contributed by atoms with Crippen molar-refractivity contribution in [2.45, 2.75) is 6.92 Å². The summed E-state index contributed by atoms with van der Waals surface area (Å²) in [5.41, 5.74) is -0.155. The van der Waals surface area contributed by atoms with Gasteiger partial charge in [-0.3, -0.25) is 10.1 Å². The van der Waals surface area contributed by atoms with Crippen molar-refractivity contribution in [2.75, 3.05) is 0 Å². The largest absolute Gasteiger partial charge is 0.477 e. The van der Waals surface area contributed by atoms with Gasteiger partial charge in [-0.05, 0) is 6.92 Å². The molecule has 0 fully saturated rings. The molecule has 0 aliphatic rings. The average Bonchev–Trinajstić information content (AvgIpc) is 2.29. The lowest BCUT2D eigenvalue weighted by atomic mass is 10.3. The van der Waals surface area contributed by atoms with Crippen LogP contribution in [0.1, 0.15) is 6.92 Å². The van der Waals surface area contributed by atoms with Gasteiger partial charge in [0.1, 0.15) is 11.5 Å². The highest BCUT2D eigenvalue weighted by atomic mass is 16.6. The number of nitrogens with zero attached hydrogens (tertiary/aromatic N) is 1. The van der Waals surface area contributed by atoms with Crippen molar-refractivity contribution in [3.8, 4) is 0 Å². The van der Waals surface area contributed by atoms with E-state index in [9.17, 15) is 19.7 Å². The third-order valence-electron chi connectivity index (χ3n) is 1.44. The van der Waals surface area contributed by atoms with E-state index in [0.29, 0.717) is 0 Å². The highest BCUT2D eigenvalue weighted by Gasteiger charge is 1.98. The molecule has 0 unspecified atom stereocenters. The Bertz CT molecular complexity index is 420. The summed E-state index contributed by atoms with van der Waals surface area (Å²) < 4.78 is 0. The van der Waals surface area contributed by atoms with E-state index in [1.54, 1.807) is 18.2 Å². The van der Waals surface area contributed by atoms with E-state index in [2.05, 4.69) is 0 Å². The van der Waals surface area contributed by atoms with Crippen LogP contribution in [0.15, 0.2) is 35.9 Å². The molecule has 6 nitrogen and oxygen atoms in total. The number of carbonyl (C=O) groups excluding carboxylic acids is 1. The van der Waals surface area contributed by atoms with Crippen LogP contribution in [0.4, 0.5) is 5.69 Å². The lowest BCUT2D eigenvalue weighted by Crippen LogP contribution is -1.95. The maximum atomic E-state index is 10.0. The molecule has 1 N–H and O–H groups in total. The number of aliphatic carboxylic acids is 1. The molecule has 0 atom stereocenters. The summed E-state index contributed by atoms with van der Waals surface area (Å²) in [7, 11) is 0. The van der Waals surface area contributed by atoms with Crippen molar-refractivity contribution in [3.05, 3.63) is 46.0 Å². The monoisotopic (exact) mass is 223 g/mol. The summed E-state index contributed by atoms with van der Waals surface area (Å²) in [6, 6.07) is 7.93. The van der Waals surface area contributed by atoms with Gasteiger partial charge in [-0.15, -0.1) is 0 Å². The Balaban J connectivity index is 0.000000293. The van der Waals surface area contributed by atoms with Gasteiger partial charge in [-0.2, -0.15) is 0 Å². The normalized spacial score (nSPS) is 8.06. The van der Waals surface area contributed by atoms with Crippen LogP contribution in [-0.2, 0) is 9.59 Å². The third-order valence-corrected chi connectivity index (χ3v) is 1.44. The van der Waals surface area contributed by atoms with Crippen LogP contribution in [0.2, 0.25) is 0 Å². The second-order valence-electron chi connectivity index (χ2n) is 2.62. The van der Waals surface area contributed by atoms with Gasteiger partial charge in [-0.1, -0.05) is 18.2 Å². The molecular weight excluding hydrogens is 214 g/mol. The smallest absolute Gasteiger partial charge is 0.342 e. The molecule has 84 valence electrons. The summed E-state index contributed by atoms with van der Waals surface area (Å²) in [6.45, 7) is 1.19. The number of benzene rings is 1. The molecule has 0 saturated carbocycles. The van der Waals surface area contributed by atoms with Crippen molar-refractivity contribution in [3.63, 3.8) is 0 Å². The zero-order valence-electron chi connectivity index (χ0n) is 8.41. The molecule has 0 heterocycles. The van der Waals surface area contributed by atoms with Gasteiger partial charge in [0.25, 0.3) is 5.69 Å². The standard InChI is InChI=1S/C6H5NO2.C4H4O3/c8-7(9)6-4-2-1-3-5-6;1-3(2-5)4(6)7/h1-5H;1H3,(H,6,7). The van der Waals surface area contributed by atoms with Gasteiger partial charge < -0.3 is 5.11 Å². The number of carbonyl (C=O) groups is 1. The van der Waals surface area contributed by atoms with Crippen LogP contribution in [-0.4, -0.2) is 21.9 Å². The highest BCUT2D eigenvalue weighted by molar-refractivity contribution is 5.94. The molecule has 1 rings (SSSR count). The maximum absolute atomic E-state index is 10.0. The number of hydrogen-bond acceptors (Lipinski definition) is 4. The number of carboxylic acids is 1. The van der Waals surface area contributed by atoms with Crippen LogP contribution in [0, 0.1) is 10.1 Å². The summed E-state index contributed by atoms with van der Waals surface area (Å²) in [5, 5.41) is 17.9. The predicted molar refractivity (Wildman–Crippen MR) is 55.6 cm³/mol. The van der Waals surface area contributed by atoms with E-state index in [1.165, 1.54) is 25.0 Å². The fourth-order valence-electron chi connectivity index (χ4n) is 0.593. The first-order valence-corrected chi connectivity index (χ1v) is 4.13. The van der Waals surface area contributed by atoms with E-state index < -0.39 is 10.9 Å². The second kappa shape index (κ2) is 6.92. The van der Waals surface area contributed by atoms with Gasteiger partial charge >= 0.3 is 5.97 Å². The Hall–Kier alpha value is -2.46. The topological polar surface area (TPSA) is 97.5 Å².